The lowest BCUT2D eigenvalue weighted by Crippen LogP contribution is -2.44. The number of nitrogens with one attached hydrogen (secondary N) is 1. The van der Waals surface area contributed by atoms with Crippen molar-refractivity contribution in [2.45, 2.75) is 26.1 Å². The summed E-state index contributed by atoms with van der Waals surface area (Å²) in [5.74, 6) is 0.372. The number of para-hydroxylation sites is 2. The van der Waals surface area contributed by atoms with Gasteiger partial charge < -0.3 is 20.1 Å². The van der Waals surface area contributed by atoms with Gasteiger partial charge in [0.05, 0.1) is 18.2 Å². The van der Waals surface area contributed by atoms with Crippen molar-refractivity contribution in [1.29, 1.82) is 0 Å². The average molecular weight is 388 g/mol. The van der Waals surface area contributed by atoms with Gasteiger partial charge in [0, 0.05) is 11.3 Å². The number of ether oxygens (including phenoxy) is 1. The summed E-state index contributed by atoms with van der Waals surface area (Å²) < 4.78 is 5.56. The summed E-state index contributed by atoms with van der Waals surface area (Å²) in [6, 6.07) is 22.5. The van der Waals surface area contributed by atoms with E-state index in [1.54, 1.807) is 11.0 Å². The second kappa shape index (κ2) is 7.87. The number of hydrogen-bond donors (Lipinski definition) is 2. The lowest BCUT2D eigenvalue weighted by Gasteiger charge is -2.42. The fourth-order valence-corrected chi connectivity index (χ4v) is 3.82. The summed E-state index contributed by atoms with van der Waals surface area (Å²) in [5, 5.41) is 14.3. The fourth-order valence-electron chi connectivity index (χ4n) is 3.82. The summed E-state index contributed by atoms with van der Waals surface area (Å²) >= 11 is 0. The van der Waals surface area contributed by atoms with Gasteiger partial charge in [-0.25, -0.2) is 0 Å². The SMILES string of the molecule is CCOc1cccc([C@@H]2Nc3ccccc3C(=O)N2[C@@H](C)c2ccccc2)c1O. The number of fused-ring (bicyclic) bond motifs is 1. The minimum absolute atomic E-state index is 0.0456. The molecule has 2 N–H and O–H groups in total. The van der Waals surface area contributed by atoms with Crippen molar-refractivity contribution >= 4 is 11.6 Å². The van der Waals surface area contributed by atoms with Gasteiger partial charge in [-0.05, 0) is 37.6 Å². The maximum Gasteiger partial charge on any atom is 0.258 e. The molecule has 0 unspecified atom stereocenters. The molecule has 5 heteroatoms. The molecular weight excluding hydrogens is 364 g/mol. The summed E-state index contributed by atoms with van der Waals surface area (Å²) in [6.45, 7) is 4.31. The van der Waals surface area contributed by atoms with E-state index in [2.05, 4.69) is 5.32 Å². The summed E-state index contributed by atoms with van der Waals surface area (Å²) in [7, 11) is 0. The van der Waals surface area contributed by atoms with Crippen LogP contribution in [0.1, 0.15) is 47.5 Å². The van der Waals surface area contributed by atoms with Crippen LogP contribution in [0.5, 0.6) is 11.5 Å². The summed E-state index contributed by atoms with van der Waals surface area (Å²) in [6.07, 6.45) is -0.534. The fraction of sp³-hybridized carbons (Fsp3) is 0.208. The molecule has 1 aliphatic heterocycles. The van der Waals surface area contributed by atoms with Crippen molar-refractivity contribution in [2.75, 3.05) is 11.9 Å². The molecule has 0 saturated carbocycles. The predicted octanol–water partition coefficient (Wildman–Crippen LogP) is 5.12. The number of nitrogens with zero attached hydrogens (tertiary/aromatic N) is 1. The molecule has 1 aliphatic rings. The van der Waals surface area contributed by atoms with E-state index < -0.39 is 6.17 Å². The quantitative estimate of drug-likeness (QED) is 0.637. The Balaban J connectivity index is 1.84. The number of hydrogen-bond acceptors (Lipinski definition) is 4. The highest BCUT2D eigenvalue weighted by Gasteiger charge is 2.37. The minimum atomic E-state index is -0.534. The molecule has 29 heavy (non-hydrogen) atoms. The second-order valence-corrected chi connectivity index (χ2v) is 7.02. The predicted molar refractivity (Wildman–Crippen MR) is 113 cm³/mol. The van der Waals surface area contributed by atoms with Crippen LogP contribution in [0.15, 0.2) is 72.8 Å². The first-order valence-corrected chi connectivity index (χ1v) is 9.79. The topological polar surface area (TPSA) is 61.8 Å². The van der Waals surface area contributed by atoms with Crippen LogP contribution in [0.4, 0.5) is 5.69 Å². The molecule has 2 atom stereocenters. The van der Waals surface area contributed by atoms with Crippen molar-refractivity contribution in [3.8, 4) is 11.5 Å². The van der Waals surface area contributed by atoms with Crippen LogP contribution >= 0.6 is 0 Å². The van der Waals surface area contributed by atoms with Crippen molar-refractivity contribution in [3.63, 3.8) is 0 Å². The molecular formula is C24H24N2O3. The zero-order chi connectivity index (χ0) is 20.4. The van der Waals surface area contributed by atoms with E-state index in [0.29, 0.717) is 23.5 Å². The molecule has 0 fully saturated rings. The molecule has 1 heterocycles. The number of phenolic OH excluding ortho intramolecular Hbond substituents is 1. The Morgan fingerprint density at radius 1 is 1.03 bits per heavy atom. The Kier molecular flexibility index (Phi) is 5.12. The molecule has 3 aromatic rings. The molecule has 1 amide bonds. The molecule has 0 aliphatic carbocycles. The van der Waals surface area contributed by atoms with E-state index in [-0.39, 0.29) is 17.7 Å². The third-order valence-corrected chi connectivity index (χ3v) is 5.29. The maximum atomic E-state index is 13.5. The number of carbonyl (C=O) groups excluding carboxylic acids is 1. The molecule has 4 rings (SSSR count). The smallest absolute Gasteiger partial charge is 0.258 e. The van der Waals surface area contributed by atoms with Gasteiger partial charge in [-0.1, -0.05) is 54.6 Å². The normalized spacial score (nSPS) is 16.7. The Morgan fingerprint density at radius 3 is 2.52 bits per heavy atom. The molecule has 148 valence electrons. The third kappa shape index (κ3) is 3.40. The number of benzene rings is 3. The highest BCUT2D eigenvalue weighted by atomic mass is 16.5. The van der Waals surface area contributed by atoms with E-state index in [0.717, 1.165) is 11.3 Å². The molecule has 5 nitrogen and oxygen atoms in total. The molecule has 0 bridgehead atoms. The zero-order valence-electron chi connectivity index (χ0n) is 16.5. The van der Waals surface area contributed by atoms with Crippen LogP contribution in [-0.2, 0) is 0 Å². The number of phenols is 1. The van der Waals surface area contributed by atoms with E-state index in [1.165, 1.54) is 0 Å². The van der Waals surface area contributed by atoms with Crippen molar-refractivity contribution in [3.05, 3.63) is 89.5 Å². The first-order chi connectivity index (χ1) is 14.1. The first-order valence-electron chi connectivity index (χ1n) is 9.79. The number of amides is 1. The molecule has 0 aromatic heterocycles. The third-order valence-electron chi connectivity index (χ3n) is 5.29. The van der Waals surface area contributed by atoms with Gasteiger partial charge in [0.25, 0.3) is 5.91 Å². The Hall–Kier alpha value is -3.47. The second-order valence-electron chi connectivity index (χ2n) is 7.02. The Morgan fingerprint density at radius 2 is 1.76 bits per heavy atom. The summed E-state index contributed by atoms with van der Waals surface area (Å²) in [5.41, 5.74) is 2.99. The highest BCUT2D eigenvalue weighted by molar-refractivity contribution is 6.02. The molecule has 0 spiro atoms. The van der Waals surface area contributed by atoms with Crippen LogP contribution in [-0.4, -0.2) is 22.5 Å². The average Bonchev–Trinajstić information content (AvgIpc) is 2.75. The molecule has 0 saturated heterocycles. The van der Waals surface area contributed by atoms with Crippen molar-refractivity contribution in [1.82, 2.24) is 4.90 Å². The van der Waals surface area contributed by atoms with Gasteiger partial charge in [-0.2, -0.15) is 0 Å². The molecule has 0 radical (unpaired) electrons. The number of anilines is 1. The zero-order valence-corrected chi connectivity index (χ0v) is 16.5. The van der Waals surface area contributed by atoms with Crippen LogP contribution in [0.25, 0.3) is 0 Å². The number of carbonyl (C=O) groups is 1. The lowest BCUT2D eigenvalue weighted by molar-refractivity contribution is 0.0593. The van der Waals surface area contributed by atoms with Crippen molar-refractivity contribution in [2.24, 2.45) is 0 Å². The number of rotatable bonds is 5. The number of aromatic hydroxyl groups is 1. The van der Waals surface area contributed by atoms with Crippen LogP contribution in [0, 0.1) is 0 Å². The van der Waals surface area contributed by atoms with Gasteiger partial charge in [0.2, 0.25) is 0 Å². The van der Waals surface area contributed by atoms with Crippen LogP contribution < -0.4 is 10.1 Å². The first kappa shape index (κ1) is 18.9. The van der Waals surface area contributed by atoms with E-state index in [1.807, 2.05) is 80.6 Å². The van der Waals surface area contributed by atoms with Crippen LogP contribution in [0.2, 0.25) is 0 Å². The Bertz CT molecular complexity index is 1020. The van der Waals surface area contributed by atoms with E-state index >= 15 is 0 Å². The highest BCUT2D eigenvalue weighted by Crippen LogP contribution is 2.43. The lowest BCUT2D eigenvalue weighted by atomic mass is 9.98. The van der Waals surface area contributed by atoms with Gasteiger partial charge in [-0.3, -0.25) is 4.79 Å². The maximum absolute atomic E-state index is 13.5. The van der Waals surface area contributed by atoms with E-state index in [9.17, 15) is 9.90 Å². The van der Waals surface area contributed by atoms with Gasteiger partial charge in [0.1, 0.15) is 6.17 Å². The minimum Gasteiger partial charge on any atom is -0.504 e. The Labute approximate surface area is 170 Å². The van der Waals surface area contributed by atoms with E-state index in [4.69, 9.17) is 4.74 Å². The van der Waals surface area contributed by atoms with Crippen molar-refractivity contribution < 1.29 is 14.6 Å². The van der Waals surface area contributed by atoms with Gasteiger partial charge >= 0.3 is 0 Å². The largest absolute Gasteiger partial charge is 0.504 e. The monoisotopic (exact) mass is 388 g/mol. The summed E-state index contributed by atoms with van der Waals surface area (Å²) in [4.78, 5) is 15.3. The van der Waals surface area contributed by atoms with Gasteiger partial charge in [0.15, 0.2) is 11.5 Å². The van der Waals surface area contributed by atoms with Crippen LogP contribution in [0.3, 0.4) is 0 Å². The molecule has 3 aromatic carbocycles. The van der Waals surface area contributed by atoms with Gasteiger partial charge in [-0.15, -0.1) is 0 Å². The standard InChI is InChI=1S/C24H24N2O3/c1-3-29-21-15-9-13-19(22(21)27)23-25-20-14-8-7-12-18(20)24(28)26(23)16(2)17-10-5-4-6-11-17/h4-16,23,25,27H,3H2,1-2H3/t16-,23+/m0/s1.